The van der Waals surface area contributed by atoms with E-state index in [1.807, 2.05) is 30.3 Å². The highest BCUT2D eigenvalue weighted by atomic mass is 35.5. The molecule has 0 atom stereocenters. The molecule has 1 aromatic carbocycles. The van der Waals surface area contributed by atoms with Crippen LogP contribution in [-0.2, 0) is 11.3 Å². The molecule has 0 aliphatic carbocycles. The number of rotatable bonds is 3. The molecule has 17 heavy (non-hydrogen) atoms. The van der Waals surface area contributed by atoms with Gasteiger partial charge >= 0.3 is 0 Å². The Hall–Kier alpha value is -1.87. The van der Waals surface area contributed by atoms with E-state index < -0.39 is 0 Å². The normalized spacial score (nSPS) is 9.41. The van der Waals surface area contributed by atoms with Gasteiger partial charge in [-0.05, 0) is 23.8 Å². The highest BCUT2D eigenvalue weighted by Gasteiger charge is 2.01. The monoisotopic (exact) mass is 248 g/mol. The van der Waals surface area contributed by atoms with E-state index >= 15 is 0 Å². The number of hydrogen-bond donors (Lipinski definition) is 1. The smallest absolute Gasteiger partial charge is 0.243 e. The number of carbonyl (C=O) groups is 1. The van der Waals surface area contributed by atoms with Crippen LogP contribution in [0.1, 0.15) is 5.56 Å². The molecule has 4 heteroatoms. The van der Waals surface area contributed by atoms with Crippen molar-refractivity contribution in [3.63, 3.8) is 0 Å². The van der Waals surface area contributed by atoms with Crippen LogP contribution in [0.3, 0.4) is 0 Å². The fraction of sp³-hybridized carbons (Fsp3) is 0.0769. The molecule has 0 fully saturated rings. The summed E-state index contributed by atoms with van der Waals surface area (Å²) >= 11 is 0. The number of nitrogens with one attached hydrogen (secondary N) is 1. The second-order valence-electron chi connectivity index (χ2n) is 3.41. The zero-order chi connectivity index (χ0) is 11.4. The fourth-order valence-corrected chi connectivity index (χ4v) is 1.56. The second kappa shape index (κ2) is 6.01. The van der Waals surface area contributed by atoms with Crippen molar-refractivity contribution < 1.29 is 4.79 Å². The number of pyridine rings is 1. The van der Waals surface area contributed by atoms with Crippen LogP contribution >= 0.6 is 12.4 Å². The van der Waals surface area contributed by atoms with Gasteiger partial charge in [0.2, 0.25) is 5.91 Å². The van der Waals surface area contributed by atoms with Crippen LogP contribution in [0.15, 0.2) is 49.2 Å². The third-order valence-electron chi connectivity index (χ3n) is 2.38. The van der Waals surface area contributed by atoms with Crippen LogP contribution in [0.5, 0.6) is 0 Å². The zero-order valence-electron chi connectivity index (χ0n) is 9.22. The maximum atomic E-state index is 11.1. The fourth-order valence-electron chi connectivity index (χ4n) is 1.56. The lowest BCUT2D eigenvalue weighted by atomic mass is 10.1. The van der Waals surface area contributed by atoms with Gasteiger partial charge in [-0.25, -0.2) is 0 Å². The summed E-state index contributed by atoms with van der Waals surface area (Å²) in [4.78, 5) is 15.3. The molecule has 1 heterocycles. The van der Waals surface area contributed by atoms with E-state index in [0.29, 0.717) is 6.54 Å². The van der Waals surface area contributed by atoms with Crippen LogP contribution in [-0.4, -0.2) is 10.9 Å². The Balaban J connectivity index is 0.00000144. The highest BCUT2D eigenvalue weighted by molar-refractivity contribution is 5.87. The second-order valence-corrected chi connectivity index (χ2v) is 3.41. The molecule has 3 nitrogen and oxygen atoms in total. The van der Waals surface area contributed by atoms with Gasteiger partial charge in [-0.15, -0.1) is 12.4 Å². The molecule has 0 unspecified atom stereocenters. The average Bonchev–Trinajstić information content (AvgIpc) is 2.35. The molecule has 1 amide bonds. The first-order chi connectivity index (χ1) is 7.81. The minimum Gasteiger partial charge on any atom is -0.348 e. The molecule has 0 saturated heterocycles. The lowest BCUT2D eigenvalue weighted by Gasteiger charge is -2.06. The molecule has 0 bridgehead atoms. The van der Waals surface area contributed by atoms with E-state index in [1.54, 1.807) is 6.20 Å². The van der Waals surface area contributed by atoms with Gasteiger partial charge in [0.1, 0.15) is 0 Å². The Kier molecular flexibility index (Phi) is 4.67. The van der Waals surface area contributed by atoms with E-state index in [1.165, 1.54) is 6.08 Å². The SMILES string of the molecule is C=CC(=O)NCc1ccnc2ccccc12.Cl. The number of nitrogens with zero attached hydrogens (tertiary/aromatic N) is 1. The van der Waals surface area contributed by atoms with Crippen molar-refractivity contribution in [2.75, 3.05) is 0 Å². The Morgan fingerprint density at radius 2 is 2.12 bits per heavy atom. The summed E-state index contributed by atoms with van der Waals surface area (Å²) in [7, 11) is 0. The first-order valence-corrected chi connectivity index (χ1v) is 5.04. The summed E-state index contributed by atoms with van der Waals surface area (Å²) in [5.41, 5.74) is 1.99. The van der Waals surface area contributed by atoms with Crippen molar-refractivity contribution in [3.8, 4) is 0 Å². The predicted octanol–water partition coefficient (Wildman–Crippen LogP) is 2.46. The molecule has 0 radical (unpaired) electrons. The number of carbonyl (C=O) groups excluding carboxylic acids is 1. The summed E-state index contributed by atoms with van der Waals surface area (Å²) in [6.07, 6.45) is 3.01. The van der Waals surface area contributed by atoms with E-state index in [-0.39, 0.29) is 18.3 Å². The summed E-state index contributed by atoms with van der Waals surface area (Å²) < 4.78 is 0. The Morgan fingerprint density at radius 3 is 2.88 bits per heavy atom. The molecule has 88 valence electrons. The predicted molar refractivity (Wildman–Crippen MR) is 71.0 cm³/mol. The number of amides is 1. The lowest BCUT2D eigenvalue weighted by molar-refractivity contribution is -0.116. The van der Waals surface area contributed by atoms with Crippen LogP contribution in [0.2, 0.25) is 0 Å². The zero-order valence-corrected chi connectivity index (χ0v) is 10.0. The van der Waals surface area contributed by atoms with Crippen molar-refractivity contribution in [2.24, 2.45) is 0 Å². The van der Waals surface area contributed by atoms with Crippen molar-refractivity contribution in [2.45, 2.75) is 6.54 Å². The van der Waals surface area contributed by atoms with Crippen LogP contribution in [0, 0.1) is 0 Å². The van der Waals surface area contributed by atoms with Gasteiger partial charge in [0.25, 0.3) is 0 Å². The van der Waals surface area contributed by atoms with E-state index in [2.05, 4.69) is 16.9 Å². The molecular weight excluding hydrogens is 236 g/mol. The Labute approximate surface area is 106 Å². The van der Waals surface area contributed by atoms with Gasteiger partial charge in [0.15, 0.2) is 0 Å². The number of para-hydroxylation sites is 1. The highest BCUT2D eigenvalue weighted by Crippen LogP contribution is 2.15. The number of aromatic nitrogens is 1. The molecular formula is C13H13ClN2O. The molecule has 0 aliphatic heterocycles. The molecule has 0 spiro atoms. The maximum Gasteiger partial charge on any atom is 0.243 e. The van der Waals surface area contributed by atoms with Crippen LogP contribution in [0.25, 0.3) is 10.9 Å². The summed E-state index contributed by atoms with van der Waals surface area (Å²) in [5, 5.41) is 3.82. The van der Waals surface area contributed by atoms with Crippen molar-refractivity contribution in [1.29, 1.82) is 0 Å². The lowest BCUT2D eigenvalue weighted by Crippen LogP contribution is -2.20. The minimum atomic E-state index is -0.166. The summed E-state index contributed by atoms with van der Waals surface area (Å²) in [5.74, 6) is -0.166. The van der Waals surface area contributed by atoms with Crippen LogP contribution < -0.4 is 5.32 Å². The summed E-state index contributed by atoms with van der Waals surface area (Å²) in [6.45, 7) is 3.90. The third-order valence-corrected chi connectivity index (χ3v) is 2.38. The van der Waals surface area contributed by atoms with Gasteiger partial charge in [0.05, 0.1) is 5.52 Å². The van der Waals surface area contributed by atoms with Crippen molar-refractivity contribution in [1.82, 2.24) is 10.3 Å². The van der Waals surface area contributed by atoms with Gasteiger partial charge < -0.3 is 5.32 Å². The van der Waals surface area contributed by atoms with E-state index in [0.717, 1.165) is 16.5 Å². The van der Waals surface area contributed by atoms with Gasteiger partial charge in [-0.1, -0.05) is 24.8 Å². The number of halogens is 1. The topological polar surface area (TPSA) is 42.0 Å². The number of hydrogen-bond acceptors (Lipinski definition) is 2. The average molecular weight is 249 g/mol. The molecule has 1 N–H and O–H groups in total. The Morgan fingerprint density at radius 1 is 1.35 bits per heavy atom. The number of benzene rings is 1. The standard InChI is InChI=1S/C13H12N2O.ClH/c1-2-13(16)15-9-10-7-8-14-12-6-4-3-5-11(10)12;/h2-8H,1,9H2,(H,15,16);1H. The molecule has 0 aliphatic rings. The molecule has 2 aromatic rings. The molecule has 0 saturated carbocycles. The maximum absolute atomic E-state index is 11.1. The first kappa shape index (κ1) is 13.2. The quantitative estimate of drug-likeness (QED) is 0.848. The van der Waals surface area contributed by atoms with Crippen LogP contribution in [0.4, 0.5) is 0 Å². The van der Waals surface area contributed by atoms with Gasteiger partial charge in [-0.3, -0.25) is 9.78 Å². The number of fused-ring (bicyclic) bond motifs is 1. The third kappa shape index (κ3) is 3.04. The Bertz CT molecular complexity index is 534. The van der Waals surface area contributed by atoms with Crippen molar-refractivity contribution in [3.05, 3.63) is 54.7 Å². The van der Waals surface area contributed by atoms with Gasteiger partial charge in [0, 0.05) is 18.1 Å². The van der Waals surface area contributed by atoms with E-state index in [4.69, 9.17) is 0 Å². The minimum absolute atomic E-state index is 0. The largest absolute Gasteiger partial charge is 0.348 e. The summed E-state index contributed by atoms with van der Waals surface area (Å²) in [6, 6.07) is 9.77. The van der Waals surface area contributed by atoms with E-state index in [9.17, 15) is 4.79 Å². The molecule has 2 rings (SSSR count). The first-order valence-electron chi connectivity index (χ1n) is 5.04. The van der Waals surface area contributed by atoms with Gasteiger partial charge in [-0.2, -0.15) is 0 Å². The van der Waals surface area contributed by atoms with Crippen molar-refractivity contribution >= 4 is 29.2 Å². The molecule has 1 aromatic heterocycles.